The summed E-state index contributed by atoms with van der Waals surface area (Å²) in [5.41, 5.74) is -0.653. The third-order valence-electron chi connectivity index (χ3n) is 3.28. The zero-order valence-electron chi connectivity index (χ0n) is 11.9. The quantitative estimate of drug-likeness (QED) is 0.800. The van der Waals surface area contributed by atoms with E-state index in [1.807, 2.05) is 0 Å². The molecule has 0 bridgehead atoms. The van der Waals surface area contributed by atoms with E-state index in [1.54, 1.807) is 11.8 Å². The van der Waals surface area contributed by atoms with Crippen molar-refractivity contribution in [1.82, 2.24) is 15.5 Å². The monoisotopic (exact) mass is 342 g/mol. The van der Waals surface area contributed by atoms with Gasteiger partial charge in [0.2, 0.25) is 5.91 Å². The number of nitrogens with one attached hydrogen (secondary N) is 1. The largest absolute Gasteiger partial charge is 0.337 e. The summed E-state index contributed by atoms with van der Waals surface area (Å²) in [4.78, 5) is 12.0. The SMILES string of the molecule is CCSc1nnc(SCC(=O)NC2(C#N)CCCCC2)s1. The summed E-state index contributed by atoms with van der Waals surface area (Å²) in [5, 5.41) is 20.4. The van der Waals surface area contributed by atoms with Gasteiger partial charge in [-0.2, -0.15) is 5.26 Å². The van der Waals surface area contributed by atoms with Gasteiger partial charge in [0.05, 0.1) is 11.8 Å². The summed E-state index contributed by atoms with van der Waals surface area (Å²) >= 11 is 4.54. The maximum Gasteiger partial charge on any atom is 0.231 e. The van der Waals surface area contributed by atoms with Crippen molar-refractivity contribution in [2.75, 3.05) is 11.5 Å². The fraction of sp³-hybridized carbons (Fsp3) is 0.692. The zero-order valence-corrected chi connectivity index (χ0v) is 14.4. The van der Waals surface area contributed by atoms with Gasteiger partial charge < -0.3 is 5.32 Å². The van der Waals surface area contributed by atoms with Crippen LogP contribution in [0.15, 0.2) is 8.68 Å². The number of rotatable bonds is 6. The van der Waals surface area contributed by atoms with Crippen LogP contribution in [0.5, 0.6) is 0 Å². The number of nitrogens with zero attached hydrogens (tertiary/aromatic N) is 3. The summed E-state index contributed by atoms with van der Waals surface area (Å²) in [7, 11) is 0. The molecule has 1 heterocycles. The molecule has 2 rings (SSSR count). The number of thioether (sulfide) groups is 2. The average Bonchev–Trinajstić information content (AvgIpc) is 2.94. The number of nitriles is 1. The number of hydrogen-bond acceptors (Lipinski definition) is 7. The number of amides is 1. The average molecular weight is 343 g/mol. The summed E-state index contributed by atoms with van der Waals surface area (Å²) < 4.78 is 1.73. The first-order valence-electron chi connectivity index (χ1n) is 6.99. The predicted molar refractivity (Wildman–Crippen MR) is 86.6 cm³/mol. The number of aromatic nitrogens is 2. The fourth-order valence-electron chi connectivity index (χ4n) is 2.29. The van der Waals surface area contributed by atoms with Gasteiger partial charge in [-0.25, -0.2) is 0 Å². The Bertz CT molecular complexity index is 520. The molecule has 114 valence electrons. The number of carbonyl (C=O) groups is 1. The second kappa shape index (κ2) is 8.01. The highest BCUT2D eigenvalue weighted by molar-refractivity contribution is 8.03. The molecule has 0 radical (unpaired) electrons. The van der Waals surface area contributed by atoms with Crippen LogP contribution in [-0.4, -0.2) is 33.1 Å². The van der Waals surface area contributed by atoms with Crippen molar-refractivity contribution in [3.05, 3.63) is 0 Å². The molecule has 1 aliphatic carbocycles. The van der Waals surface area contributed by atoms with Gasteiger partial charge in [-0.05, 0) is 18.6 Å². The molecule has 21 heavy (non-hydrogen) atoms. The standard InChI is InChI=1S/C13H18N4OS3/c1-2-19-11-16-17-12(21-11)20-8-10(18)15-13(9-14)6-4-3-5-7-13/h2-8H2,1H3,(H,15,18). The first kappa shape index (κ1) is 16.6. The lowest BCUT2D eigenvalue weighted by Gasteiger charge is -2.31. The van der Waals surface area contributed by atoms with Gasteiger partial charge >= 0.3 is 0 Å². The maximum atomic E-state index is 12.0. The van der Waals surface area contributed by atoms with Crippen LogP contribution in [-0.2, 0) is 4.79 Å². The maximum absolute atomic E-state index is 12.0. The summed E-state index contributed by atoms with van der Waals surface area (Å²) in [5.74, 6) is 1.16. The third kappa shape index (κ3) is 4.87. The zero-order chi connectivity index (χ0) is 15.1. The van der Waals surface area contributed by atoms with Crippen molar-refractivity contribution in [2.45, 2.75) is 53.2 Å². The Morgan fingerprint density at radius 3 is 2.62 bits per heavy atom. The van der Waals surface area contributed by atoms with E-state index in [-0.39, 0.29) is 11.7 Å². The van der Waals surface area contributed by atoms with E-state index in [4.69, 9.17) is 0 Å². The first-order chi connectivity index (χ1) is 10.2. The molecule has 0 unspecified atom stereocenters. The first-order valence-corrected chi connectivity index (χ1v) is 9.77. The minimum atomic E-state index is -0.653. The van der Waals surface area contributed by atoms with Crippen molar-refractivity contribution >= 4 is 40.8 Å². The third-order valence-corrected chi connectivity index (χ3v) is 6.35. The molecule has 0 saturated heterocycles. The highest BCUT2D eigenvalue weighted by Gasteiger charge is 2.33. The van der Waals surface area contributed by atoms with Crippen molar-refractivity contribution in [2.24, 2.45) is 0 Å². The van der Waals surface area contributed by atoms with Crippen molar-refractivity contribution in [1.29, 1.82) is 5.26 Å². The number of hydrogen-bond donors (Lipinski definition) is 1. The Hall–Kier alpha value is -0.780. The van der Waals surface area contributed by atoms with E-state index < -0.39 is 5.54 Å². The topological polar surface area (TPSA) is 78.7 Å². The Morgan fingerprint density at radius 2 is 2.00 bits per heavy atom. The van der Waals surface area contributed by atoms with Crippen LogP contribution in [0.2, 0.25) is 0 Å². The van der Waals surface area contributed by atoms with E-state index in [0.717, 1.165) is 46.5 Å². The minimum absolute atomic E-state index is 0.0941. The molecule has 5 nitrogen and oxygen atoms in total. The molecule has 0 aromatic carbocycles. The van der Waals surface area contributed by atoms with Crippen molar-refractivity contribution < 1.29 is 4.79 Å². The molecule has 1 amide bonds. The lowest BCUT2D eigenvalue weighted by atomic mass is 9.83. The van der Waals surface area contributed by atoms with Crippen LogP contribution < -0.4 is 5.32 Å². The normalized spacial score (nSPS) is 17.1. The second-order valence-electron chi connectivity index (χ2n) is 4.86. The molecular formula is C13H18N4OS3. The van der Waals surface area contributed by atoms with Crippen LogP contribution in [0.25, 0.3) is 0 Å². The van der Waals surface area contributed by atoms with Gasteiger partial charge in [0.25, 0.3) is 0 Å². The van der Waals surface area contributed by atoms with Crippen LogP contribution in [0.3, 0.4) is 0 Å². The van der Waals surface area contributed by atoms with E-state index in [1.165, 1.54) is 23.1 Å². The lowest BCUT2D eigenvalue weighted by molar-refractivity contribution is -0.120. The predicted octanol–water partition coefficient (Wildman–Crippen LogP) is 3.08. The smallest absolute Gasteiger partial charge is 0.231 e. The minimum Gasteiger partial charge on any atom is -0.337 e. The Labute approximate surface area is 137 Å². The van der Waals surface area contributed by atoms with Crippen LogP contribution >= 0.6 is 34.9 Å². The molecular weight excluding hydrogens is 324 g/mol. The van der Waals surface area contributed by atoms with Crippen LogP contribution in [0, 0.1) is 11.3 Å². The second-order valence-corrected chi connectivity index (χ2v) is 8.57. The Balaban J connectivity index is 1.82. The number of carbonyl (C=O) groups excluding carboxylic acids is 1. The summed E-state index contributed by atoms with van der Waals surface area (Å²) in [6.45, 7) is 2.07. The van der Waals surface area contributed by atoms with E-state index in [2.05, 4.69) is 28.5 Å². The van der Waals surface area contributed by atoms with E-state index in [9.17, 15) is 10.1 Å². The van der Waals surface area contributed by atoms with Crippen molar-refractivity contribution in [3.63, 3.8) is 0 Å². The van der Waals surface area contributed by atoms with Gasteiger partial charge in [-0.15, -0.1) is 10.2 Å². The molecule has 0 atom stereocenters. The van der Waals surface area contributed by atoms with Gasteiger partial charge in [-0.3, -0.25) is 4.79 Å². The van der Waals surface area contributed by atoms with Crippen molar-refractivity contribution in [3.8, 4) is 6.07 Å². The molecule has 1 aliphatic rings. The molecule has 0 spiro atoms. The molecule has 0 aliphatic heterocycles. The van der Waals surface area contributed by atoms with Crippen LogP contribution in [0.4, 0.5) is 0 Å². The van der Waals surface area contributed by atoms with E-state index in [0.29, 0.717) is 0 Å². The van der Waals surface area contributed by atoms with Gasteiger partial charge in [0, 0.05) is 0 Å². The summed E-state index contributed by atoms with van der Waals surface area (Å²) in [6, 6.07) is 2.30. The van der Waals surface area contributed by atoms with Crippen LogP contribution in [0.1, 0.15) is 39.0 Å². The summed E-state index contributed by atoms with van der Waals surface area (Å²) in [6.07, 6.45) is 4.69. The highest BCUT2D eigenvalue weighted by atomic mass is 32.2. The fourth-order valence-corrected chi connectivity index (χ4v) is 5.00. The van der Waals surface area contributed by atoms with E-state index >= 15 is 0 Å². The highest BCUT2D eigenvalue weighted by Crippen LogP contribution is 2.30. The molecule has 1 aromatic rings. The van der Waals surface area contributed by atoms with Gasteiger partial charge in [0.1, 0.15) is 5.54 Å². The molecule has 1 saturated carbocycles. The lowest BCUT2D eigenvalue weighted by Crippen LogP contribution is -2.49. The Kier molecular flexibility index (Phi) is 6.33. The Morgan fingerprint density at radius 1 is 1.33 bits per heavy atom. The molecule has 1 aromatic heterocycles. The molecule has 1 N–H and O–H groups in total. The molecule has 8 heteroatoms. The van der Waals surface area contributed by atoms with Gasteiger partial charge in [-0.1, -0.05) is 61.0 Å². The molecule has 1 fully saturated rings. The van der Waals surface area contributed by atoms with Gasteiger partial charge in [0.15, 0.2) is 8.68 Å².